The molecule has 0 bridgehead atoms. The Morgan fingerprint density at radius 1 is 1.21 bits per heavy atom. The number of benzene rings is 1. The zero-order valence-electron chi connectivity index (χ0n) is 16.0. The number of hydrogen-bond donors (Lipinski definition) is 0. The number of para-hydroxylation sites is 2. The number of piperazine rings is 1. The lowest BCUT2D eigenvalue weighted by Crippen LogP contribution is -2.53. The van der Waals surface area contributed by atoms with Crippen LogP contribution < -0.4 is 4.90 Å². The lowest BCUT2D eigenvalue weighted by atomic mass is 10.2. The molecule has 1 aliphatic heterocycles. The quantitative estimate of drug-likeness (QED) is 0.652. The number of aryl methyl sites for hydroxylation is 1. The van der Waals surface area contributed by atoms with E-state index < -0.39 is 10.0 Å². The first-order chi connectivity index (χ1) is 13.3. The van der Waals surface area contributed by atoms with E-state index in [1.165, 1.54) is 10.6 Å². The van der Waals surface area contributed by atoms with Crippen LogP contribution in [0.1, 0.15) is 6.92 Å². The molecule has 1 aromatic carbocycles. The topological polar surface area (TPSA) is 71.3 Å². The fourth-order valence-corrected chi connectivity index (χ4v) is 5.12. The van der Waals surface area contributed by atoms with Crippen molar-refractivity contribution in [2.45, 2.75) is 13.0 Å². The van der Waals surface area contributed by atoms with Gasteiger partial charge in [-0.05, 0) is 25.1 Å². The van der Waals surface area contributed by atoms with Gasteiger partial charge in [-0.15, -0.1) is 0 Å². The van der Waals surface area contributed by atoms with E-state index in [-0.39, 0.29) is 6.04 Å². The number of aromatic nitrogens is 3. The molecule has 0 spiro atoms. The third kappa shape index (κ3) is 3.36. The van der Waals surface area contributed by atoms with Crippen LogP contribution in [0.15, 0.2) is 36.5 Å². The molecule has 9 heteroatoms. The Morgan fingerprint density at radius 2 is 1.96 bits per heavy atom. The molecule has 2 aromatic heterocycles. The lowest BCUT2D eigenvalue weighted by Gasteiger charge is -2.39. The summed E-state index contributed by atoms with van der Waals surface area (Å²) in [5.74, 6) is 1.55. The number of imidazole rings is 1. The molecule has 1 fully saturated rings. The van der Waals surface area contributed by atoms with Crippen molar-refractivity contribution >= 4 is 38.5 Å². The maximum atomic E-state index is 11.9. The highest BCUT2D eigenvalue weighted by Gasteiger charge is 2.30. The summed E-state index contributed by atoms with van der Waals surface area (Å²) in [6.07, 6.45) is 2.89. The van der Waals surface area contributed by atoms with Gasteiger partial charge in [-0.2, -0.15) is 4.31 Å². The second-order valence-corrected chi connectivity index (χ2v) is 9.52. The molecule has 1 aliphatic rings. The minimum Gasteiger partial charge on any atom is -0.354 e. The van der Waals surface area contributed by atoms with Crippen molar-refractivity contribution in [1.82, 2.24) is 18.8 Å². The van der Waals surface area contributed by atoms with Crippen LogP contribution in [0.25, 0.3) is 22.4 Å². The smallest absolute Gasteiger partial charge is 0.211 e. The minimum absolute atomic E-state index is 0.125. The van der Waals surface area contributed by atoms with Crippen LogP contribution in [0, 0.1) is 0 Å². The number of fused-ring (bicyclic) bond motifs is 1. The van der Waals surface area contributed by atoms with Crippen molar-refractivity contribution in [1.29, 1.82) is 0 Å². The van der Waals surface area contributed by atoms with Gasteiger partial charge in [0.05, 0.1) is 22.3 Å². The maximum Gasteiger partial charge on any atom is 0.211 e. The molecule has 0 aliphatic carbocycles. The van der Waals surface area contributed by atoms with Crippen molar-refractivity contribution in [3.05, 3.63) is 41.6 Å². The average Bonchev–Trinajstić information content (AvgIpc) is 2.98. The molecule has 1 saturated heterocycles. The predicted molar refractivity (Wildman–Crippen MR) is 112 cm³/mol. The predicted octanol–water partition coefficient (Wildman–Crippen LogP) is 2.76. The molecule has 28 heavy (non-hydrogen) atoms. The summed E-state index contributed by atoms with van der Waals surface area (Å²) < 4.78 is 27.4. The molecule has 7 nitrogen and oxygen atoms in total. The van der Waals surface area contributed by atoms with E-state index in [0.717, 1.165) is 28.2 Å². The first-order valence-electron chi connectivity index (χ1n) is 9.05. The molecule has 3 aromatic rings. The zero-order valence-corrected chi connectivity index (χ0v) is 17.6. The van der Waals surface area contributed by atoms with Crippen molar-refractivity contribution < 1.29 is 8.42 Å². The molecule has 0 saturated carbocycles. The van der Waals surface area contributed by atoms with E-state index in [1.54, 1.807) is 6.20 Å². The summed E-state index contributed by atoms with van der Waals surface area (Å²) in [4.78, 5) is 11.3. The van der Waals surface area contributed by atoms with Gasteiger partial charge in [0, 0.05) is 44.5 Å². The summed E-state index contributed by atoms with van der Waals surface area (Å²) in [6, 6.07) is 9.75. The van der Waals surface area contributed by atoms with Gasteiger partial charge < -0.3 is 9.47 Å². The first kappa shape index (κ1) is 19.2. The number of pyridine rings is 1. The van der Waals surface area contributed by atoms with E-state index in [1.807, 2.05) is 48.9 Å². The molecular formula is C19H22ClN5O2S. The standard InChI is InChI=1S/C19H22ClN5O2S/c1-13-12-24(8-9-25(13)28(3,26)27)18-10-14(15(20)11-21-18)19-22-16-6-4-5-7-17(16)23(19)2/h4-7,10-11,13H,8-9,12H2,1-3H3/t13-/m0/s1. The molecule has 1 atom stereocenters. The number of sulfonamides is 1. The van der Waals surface area contributed by atoms with Crippen molar-refractivity contribution in [3.8, 4) is 11.4 Å². The van der Waals surface area contributed by atoms with E-state index >= 15 is 0 Å². The van der Waals surface area contributed by atoms with Crippen LogP contribution in [-0.4, -0.2) is 59.2 Å². The van der Waals surface area contributed by atoms with Crippen LogP contribution >= 0.6 is 11.6 Å². The Morgan fingerprint density at radius 3 is 2.64 bits per heavy atom. The Hall–Kier alpha value is -2.16. The summed E-state index contributed by atoms with van der Waals surface area (Å²) in [7, 11) is -1.24. The first-order valence-corrected chi connectivity index (χ1v) is 11.3. The largest absolute Gasteiger partial charge is 0.354 e. The second kappa shape index (κ2) is 7.02. The average molecular weight is 420 g/mol. The molecule has 148 valence electrons. The minimum atomic E-state index is -3.21. The van der Waals surface area contributed by atoms with Crippen LogP contribution in [0.3, 0.4) is 0 Å². The second-order valence-electron chi connectivity index (χ2n) is 7.17. The van der Waals surface area contributed by atoms with Crippen LogP contribution in [0.4, 0.5) is 5.82 Å². The Bertz CT molecular complexity index is 1140. The van der Waals surface area contributed by atoms with Crippen LogP contribution in [0.5, 0.6) is 0 Å². The third-order valence-corrected chi connectivity index (χ3v) is 6.88. The van der Waals surface area contributed by atoms with Crippen molar-refractivity contribution in [2.75, 3.05) is 30.8 Å². The number of anilines is 1. The molecule has 0 unspecified atom stereocenters. The Kier molecular flexibility index (Phi) is 4.81. The molecule has 4 rings (SSSR count). The monoisotopic (exact) mass is 419 g/mol. The third-order valence-electron chi connectivity index (χ3n) is 5.19. The van der Waals surface area contributed by atoms with Crippen LogP contribution in [0.2, 0.25) is 5.02 Å². The van der Waals surface area contributed by atoms with Crippen molar-refractivity contribution in [3.63, 3.8) is 0 Å². The summed E-state index contributed by atoms with van der Waals surface area (Å²) in [5, 5.41) is 0.532. The number of hydrogen-bond acceptors (Lipinski definition) is 5. The Balaban J connectivity index is 1.69. The number of rotatable bonds is 3. The SMILES string of the molecule is C[C@H]1CN(c2cc(-c3nc4ccccc4n3C)c(Cl)cn2)CCN1S(C)(=O)=O. The summed E-state index contributed by atoms with van der Waals surface area (Å²) >= 11 is 6.46. The highest BCUT2D eigenvalue weighted by molar-refractivity contribution is 7.88. The number of halogens is 1. The van der Waals surface area contributed by atoms with Crippen LogP contribution in [-0.2, 0) is 17.1 Å². The number of nitrogens with zero attached hydrogens (tertiary/aromatic N) is 5. The van der Waals surface area contributed by atoms with Gasteiger partial charge in [0.2, 0.25) is 10.0 Å². The van der Waals surface area contributed by atoms with Gasteiger partial charge in [-0.25, -0.2) is 18.4 Å². The van der Waals surface area contributed by atoms with E-state index in [2.05, 4.69) is 9.88 Å². The summed E-state index contributed by atoms with van der Waals surface area (Å²) in [6.45, 7) is 3.50. The lowest BCUT2D eigenvalue weighted by molar-refractivity contribution is 0.308. The highest BCUT2D eigenvalue weighted by Crippen LogP contribution is 2.32. The van der Waals surface area contributed by atoms with Gasteiger partial charge in [0.15, 0.2) is 0 Å². The Labute approximate surface area is 169 Å². The van der Waals surface area contributed by atoms with E-state index in [4.69, 9.17) is 16.6 Å². The molecule has 0 amide bonds. The maximum absolute atomic E-state index is 11.9. The van der Waals surface area contributed by atoms with E-state index in [9.17, 15) is 8.42 Å². The summed E-state index contributed by atoms with van der Waals surface area (Å²) in [5.41, 5.74) is 2.75. The van der Waals surface area contributed by atoms with E-state index in [0.29, 0.717) is 24.7 Å². The molecule has 3 heterocycles. The zero-order chi connectivity index (χ0) is 20.1. The van der Waals surface area contributed by atoms with Gasteiger partial charge in [0.1, 0.15) is 11.6 Å². The highest BCUT2D eigenvalue weighted by atomic mass is 35.5. The molecular weight excluding hydrogens is 398 g/mol. The fraction of sp³-hybridized carbons (Fsp3) is 0.368. The normalized spacial score (nSPS) is 18.7. The van der Waals surface area contributed by atoms with Gasteiger partial charge >= 0.3 is 0 Å². The fourth-order valence-electron chi connectivity index (χ4n) is 3.80. The van der Waals surface area contributed by atoms with Gasteiger partial charge in [0.25, 0.3) is 0 Å². The van der Waals surface area contributed by atoms with Crippen molar-refractivity contribution in [2.24, 2.45) is 7.05 Å². The van der Waals surface area contributed by atoms with Gasteiger partial charge in [-0.1, -0.05) is 23.7 Å². The molecule has 0 radical (unpaired) electrons. The molecule has 0 N–H and O–H groups in total. The van der Waals surface area contributed by atoms with Gasteiger partial charge in [-0.3, -0.25) is 0 Å².